The van der Waals surface area contributed by atoms with E-state index in [2.05, 4.69) is 38.4 Å². The van der Waals surface area contributed by atoms with Crippen LogP contribution in [0.15, 0.2) is 35.0 Å². The molecule has 0 rings (SSSR count). The Morgan fingerprint density at radius 1 is 1.60 bits per heavy atom. The normalized spacial score (nSPS) is 12.4. The van der Waals surface area contributed by atoms with Crippen LogP contribution in [0.25, 0.3) is 0 Å². The maximum Gasteiger partial charge on any atom is 0.0283 e. The van der Waals surface area contributed by atoms with Crippen LogP contribution in [-0.4, -0.2) is 5.33 Å². The molecule has 1 nitrogen and oxygen atoms in total. The van der Waals surface area contributed by atoms with Crippen molar-refractivity contribution in [2.45, 2.75) is 0 Å². The lowest BCUT2D eigenvalue weighted by atomic mass is 10.3. The third-order valence-corrected chi connectivity index (χ3v) is 1.68. The van der Waals surface area contributed by atoms with Gasteiger partial charge in [-0.3, -0.25) is 0 Å². The minimum absolute atomic E-state index is 0.783. The molecule has 56 valence electrons. The molecule has 2 N–H and O–H groups in total. The van der Waals surface area contributed by atoms with Crippen LogP contribution in [-0.2, 0) is 0 Å². The van der Waals surface area contributed by atoms with E-state index in [1.807, 2.05) is 12.2 Å². The van der Waals surface area contributed by atoms with E-state index in [1.165, 1.54) is 6.20 Å². The van der Waals surface area contributed by atoms with E-state index in [-0.39, 0.29) is 0 Å². The lowest BCUT2D eigenvalue weighted by Gasteiger charge is -1.92. The van der Waals surface area contributed by atoms with Crippen LogP contribution in [0, 0.1) is 0 Å². The zero-order valence-corrected chi connectivity index (χ0v) is 8.65. The molecular formula is C7H9Br2N. The number of hydrogen-bond donors (Lipinski definition) is 1. The fourth-order valence-corrected chi connectivity index (χ4v) is 1.10. The zero-order chi connectivity index (χ0) is 7.98. The van der Waals surface area contributed by atoms with Crippen molar-refractivity contribution in [2.75, 3.05) is 5.33 Å². The molecule has 0 aliphatic heterocycles. The first-order valence-corrected chi connectivity index (χ1v) is 4.61. The van der Waals surface area contributed by atoms with Crippen molar-refractivity contribution in [3.05, 3.63) is 35.0 Å². The van der Waals surface area contributed by atoms with E-state index in [4.69, 9.17) is 5.73 Å². The summed E-state index contributed by atoms with van der Waals surface area (Å²) in [6.45, 7) is 3.67. The summed E-state index contributed by atoms with van der Waals surface area (Å²) in [5, 5.41) is 0.783. The number of alkyl halides is 1. The second kappa shape index (κ2) is 5.74. The summed E-state index contributed by atoms with van der Waals surface area (Å²) in [7, 11) is 0. The molecule has 0 aliphatic rings. The first kappa shape index (κ1) is 9.98. The molecule has 0 amide bonds. The second-order valence-corrected chi connectivity index (χ2v) is 3.24. The Balaban J connectivity index is 4.18. The highest BCUT2D eigenvalue weighted by atomic mass is 79.9. The van der Waals surface area contributed by atoms with Crippen molar-refractivity contribution in [3.8, 4) is 0 Å². The van der Waals surface area contributed by atoms with Gasteiger partial charge in [0.2, 0.25) is 0 Å². The number of rotatable bonds is 3. The Hall–Kier alpha value is -0.0200. The average Bonchev–Trinajstić information content (AvgIpc) is 1.86. The van der Waals surface area contributed by atoms with Crippen LogP contribution < -0.4 is 5.73 Å². The van der Waals surface area contributed by atoms with Gasteiger partial charge < -0.3 is 5.73 Å². The van der Waals surface area contributed by atoms with Gasteiger partial charge in [-0.2, -0.15) is 0 Å². The lowest BCUT2D eigenvalue weighted by Crippen LogP contribution is -1.82. The predicted molar refractivity (Wildman–Crippen MR) is 53.3 cm³/mol. The van der Waals surface area contributed by atoms with Gasteiger partial charge in [0, 0.05) is 9.81 Å². The smallest absolute Gasteiger partial charge is 0.0283 e. The van der Waals surface area contributed by atoms with Crippen molar-refractivity contribution in [1.29, 1.82) is 0 Å². The number of hydrogen-bond acceptors (Lipinski definition) is 1. The van der Waals surface area contributed by atoms with Crippen molar-refractivity contribution in [2.24, 2.45) is 5.73 Å². The Labute approximate surface area is 77.9 Å². The molecule has 0 bridgehead atoms. The van der Waals surface area contributed by atoms with Crippen LogP contribution >= 0.6 is 31.9 Å². The Morgan fingerprint density at radius 2 is 2.20 bits per heavy atom. The molecule has 0 aromatic carbocycles. The van der Waals surface area contributed by atoms with E-state index >= 15 is 0 Å². The van der Waals surface area contributed by atoms with Crippen LogP contribution in [0.2, 0.25) is 0 Å². The van der Waals surface area contributed by atoms with Crippen molar-refractivity contribution >= 4 is 31.9 Å². The fourth-order valence-electron chi connectivity index (χ4n) is 0.456. The van der Waals surface area contributed by atoms with Gasteiger partial charge in [-0.25, -0.2) is 0 Å². The molecule has 0 aliphatic carbocycles. The van der Waals surface area contributed by atoms with Crippen LogP contribution in [0.3, 0.4) is 0 Å². The van der Waals surface area contributed by atoms with Gasteiger partial charge in [0.1, 0.15) is 0 Å². The maximum absolute atomic E-state index is 5.19. The molecular weight excluding hydrogens is 258 g/mol. The minimum Gasteiger partial charge on any atom is -0.405 e. The van der Waals surface area contributed by atoms with Gasteiger partial charge in [-0.05, 0) is 23.9 Å². The summed E-state index contributed by atoms with van der Waals surface area (Å²) in [5.41, 5.74) is 6.28. The van der Waals surface area contributed by atoms with Crippen molar-refractivity contribution < 1.29 is 0 Å². The predicted octanol–water partition coefficient (Wildman–Crippen LogP) is 2.69. The molecule has 3 heteroatoms. The van der Waals surface area contributed by atoms with Gasteiger partial charge >= 0.3 is 0 Å². The first-order valence-electron chi connectivity index (χ1n) is 2.70. The zero-order valence-electron chi connectivity index (χ0n) is 5.48. The topological polar surface area (TPSA) is 26.0 Å². The highest BCUT2D eigenvalue weighted by Gasteiger charge is 1.87. The molecule has 10 heavy (non-hydrogen) atoms. The maximum atomic E-state index is 5.19. The van der Waals surface area contributed by atoms with Crippen LogP contribution in [0.5, 0.6) is 0 Å². The standard InChI is InChI=1S/C7H9Br2N/c1-6(9)4-7(5-8)2-3-10/h2-4H,1,5,10H2/b3-2-,7-4+. The van der Waals surface area contributed by atoms with Gasteiger partial charge in [0.05, 0.1) is 0 Å². The van der Waals surface area contributed by atoms with E-state index in [9.17, 15) is 0 Å². The summed E-state index contributed by atoms with van der Waals surface area (Å²) in [6.07, 6.45) is 5.22. The molecule has 0 aromatic rings. The van der Waals surface area contributed by atoms with E-state index < -0.39 is 0 Å². The van der Waals surface area contributed by atoms with Gasteiger partial charge in [0.15, 0.2) is 0 Å². The van der Waals surface area contributed by atoms with E-state index in [0.29, 0.717) is 0 Å². The Kier molecular flexibility index (Phi) is 5.73. The van der Waals surface area contributed by atoms with Crippen LogP contribution in [0.1, 0.15) is 0 Å². The Bertz CT molecular complexity index is 170. The van der Waals surface area contributed by atoms with Crippen molar-refractivity contribution in [3.63, 3.8) is 0 Å². The quantitative estimate of drug-likeness (QED) is 0.617. The first-order chi connectivity index (χ1) is 4.70. The molecule has 0 saturated heterocycles. The number of allylic oxidation sites excluding steroid dienone is 4. The molecule has 0 spiro atoms. The van der Waals surface area contributed by atoms with Gasteiger partial charge in [-0.15, -0.1) is 0 Å². The molecule has 0 unspecified atom stereocenters. The number of halogens is 2. The molecule has 0 aromatic heterocycles. The summed E-state index contributed by atoms with van der Waals surface area (Å²) in [4.78, 5) is 0. The van der Waals surface area contributed by atoms with Crippen molar-refractivity contribution in [1.82, 2.24) is 0 Å². The highest BCUT2D eigenvalue weighted by molar-refractivity contribution is 9.11. The summed E-state index contributed by atoms with van der Waals surface area (Å²) >= 11 is 6.53. The van der Waals surface area contributed by atoms with E-state index in [1.54, 1.807) is 0 Å². The van der Waals surface area contributed by atoms with E-state index in [0.717, 1.165) is 15.4 Å². The summed E-state index contributed by atoms with van der Waals surface area (Å²) in [6, 6.07) is 0. The molecule has 0 saturated carbocycles. The monoisotopic (exact) mass is 265 g/mol. The SMILES string of the molecule is C=C(Br)/C=C(\C=C/N)CBr. The highest BCUT2D eigenvalue weighted by Crippen LogP contribution is 2.09. The molecule has 0 heterocycles. The summed E-state index contributed by atoms with van der Waals surface area (Å²) < 4.78 is 0.847. The van der Waals surface area contributed by atoms with Crippen LogP contribution in [0.4, 0.5) is 0 Å². The third-order valence-electron chi connectivity index (χ3n) is 0.807. The fraction of sp³-hybridized carbons (Fsp3) is 0.143. The largest absolute Gasteiger partial charge is 0.405 e. The minimum atomic E-state index is 0.783. The van der Waals surface area contributed by atoms with Gasteiger partial charge in [-0.1, -0.05) is 38.4 Å². The van der Waals surface area contributed by atoms with Gasteiger partial charge in [0.25, 0.3) is 0 Å². The average molecular weight is 267 g/mol. The Morgan fingerprint density at radius 3 is 2.50 bits per heavy atom. The third kappa shape index (κ3) is 4.82. The second-order valence-electron chi connectivity index (χ2n) is 1.66. The summed E-state index contributed by atoms with van der Waals surface area (Å²) in [5.74, 6) is 0. The number of nitrogens with two attached hydrogens (primary N) is 1. The lowest BCUT2D eigenvalue weighted by molar-refractivity contribution is 1.50. The molecule has 0 fully saturated rings. The molecule has 0 atom stereocenters. The molecule has 0 radical (unpaired) electrons.